The molecular formula is C14H16N4O. The van der Waals surface area contributed by atoms with Gasteiger partial charge in [-0.3, -0.25) is 5.32 Å². The fraction of sp³-hybridized carbons (Fsp3) is 0.214. The van der Waals surface area contributed by atoms with E-state index in [1.807, 2.05) is 31.2 Å². The summed E-state index contributed by atoms with van der Waals surface area (Å²) in [5.74, 6) is 1.12. The number of benzene rings is 1. The fourth-order valence-electron chi connectivity index (χ4n) is 1.57. The lowest BCUT2D eigenvalue weighted by molar-refractivity contribution is 0.251. The third-order valence-corrected chi connectivity index (χ3v) is 2.59. The Balaban J connectivity index is 1.86. The van der Waals surface area contributed by atoms with E-state index in [9.17, 15) is 4.79 Å². The molecule has 0 aliphatic heterocycles. The first-order chi connectivity index (χ1) is 9.13. The number of anilines is 1. The van der Waals surface area contributed by atoms with Gasteiger partial charge in [0.25, 0.3) is 0 Å². The van der Waals surface area contributed by atoms with Gasteiger partial charge in [0.05, 0.1) is 0 Å². The molecule has 0 unspecified atom stereocenters. The van der Waals surface area contributed by atoms with Crippen LogP contribution in [0.1, 0.15) is 17.0 Å². The summed E-state index contributed by atoms with van der Waals surface area (Å²) in [5, 5.41) is 5.44. The third-order valence-electron chi connectivity index (χ3n) is 2.59. The lowest BCUT2D eigenvalue weighted by Crippen LogP contribution is -2.28. The fourth-order valence-corrected chi connectivity index (χ4v) is 1.57. The van der Waals surface area contributed by atoms with Crippen molar-refractivity contribution in [2.45, 2.75) is 20.4 Å². The smallest absolute Gasteiger partial charge is 0.320 e. The molecule has 0 saturated carbocycles. The van der Waals surface area contributed by atoms with Crippen molar-refractivity contribution in [3.8, 4) is 0 Å². The molecule has 98 valence electrons. The Bertz CT molecular complexity index is 566. The maximum Gasteiger partial charge on any atom is 0.320 e. The highest BCUT2D eigenvalue weighted by molar-refractivity contribution is 5.88. The topological polar surface area (TPSA) is 66.9 Å². The molecule has 5 heteroatoms. The van der Waals surface area contributed by atoms with Gasteiger partial charge in [-0.1, -0.05) is 29.8 Å². The van der Waals surface area contributed by atoms with Gasteiger partial charge in [-0.15, -0.1) is 0 Å². The minimum absolute atomic E-state index is 0.279. The molecule has 2 aromatic rings. The monoisotopic (exact) mass is 256 g/mol. The molecule has 1 aromatic heterocycles. The number of amides is 2. The predicted octanol–water partition coefficient (Wildman–Crippen LogP) is 2.42. The van der Waals surface area contributed by atoms with Crippen molar-refractivity contribution in [2.24, 2.45) is 0 Å². The van der Waals surface area contributed by atoms with Crippen LogP contribution in [0.5, 0.6) is 0 Å². The molecule has 0 atom stereocenters. The molecule has 0 bridgehead atoms. The lowest BCUT2D eigenvalue weighted by atomic mass is 10.1. The zero-order valence-electron chi connectivity index (χ0n) is 11.0. The maximum absolute atomic E-state index is 11.7. The summed E-state index contributed by atoms with van der Waals surface area (Å²) in [7, 11) is 0. The van der Waals surface area contributed by atoms with Crippen LogP contribution in [-0.2, 0) is 6.54 Å². The molecule has 2 N–H and O–H groups in total. The molecule has 0 aliphatic carbocycles. The van der Waals surface area contributed by atoms with Crippen LogP contribution in [0.25, 0.3) is 0 Å². The molecule has 0 radical (unpaired) electrons. The van der Waals surface area contributed by atoms with E-state index >= 15 is 0 Å². The van der Waals surface area contributed by atoms with Crippen LogP contribution in [0.4, 0.5) is 10.6 Å². The number of urea groups is 1. The Morgan fingerprint density at radius 3 is 2.58 bits per heavy atom. The number of aromatic nitrogens is 2. The van der Waals surface area contributed by atoms with E-state index in [0.29, 0.717) is 18.2 Å². The third kappa shape index (κ3) is 4.06. The number of hydrogen-bond donors (Lipinski definition) is 2. The van der Waals surface area contributed by atoms with Crippen LogP contribution < -0.4 is 10.6 Å². The van der Waals surface area contributed by atoms with E-state index < -0.39 is 0 Å². The Kier molecular flexibility index (Phi) is 4.07. The molecule has 1 aromatic carbocycles. The summed E-state index contributed by atoms with van der Waals surface area (Å²) in [5.41, 5.74) is 2.25. The van der Waals surface area contributed by atoms with Gasteiger partial charge >= 0.3 is 6.03 Å². The zero-order valence-corrected chi connectivity index (χ0v) is 11.0. The molecule has 0 fully saturated rings. The standard InChI is InChI=1S/C14H16N4O/c1-10-3-5-12(6-4-10)9-16-14(19)18-13-7-8-15-11(2)17-13/h3-8H,9H2,1-2H3,(H2,15,16,17,18,19). The van der Waals surface area contributed by atoms with E-state index in [4.69, 9.17) is 0 Å². The first kappa shape index (κ1) is 13.0. The highest BCUT2D eigenvalue weighted by Gasteiger charge is 2.02. The highest BCUT2D eigenvalue weighted by atomic mass is 16.2. The molecule has 0 saturated heterocycles. The van der Waals surface area contributed by atoms with Gasteiger partial charge in [0, 0.05) is 12.7 Å². The summed E-state index contributed by atoms with van der Waals surface area (Å²) >= 11 is 0. The number of rotatable bonds is 3. The van der Waals surface area contributed by atoms with Crippen molar-refractivity contribution >= 4 is 11.8 Å². The van der Waals surface area contributed by atoms with E-state index in [-0.39, 0.29) is 6.03 Å². The van der Waals surface area contributed by atoms with Gasteiger partial charge in [-0.05, 0) is 25.5 Å². The van der Waals surface area contributed by atoms with E-state index in [1.54, 1.807) is 19.2 Å². The van der Waals surface area contributed by atoms with Gasteiger partial charge in [0.15, 0.2) is 0 Å². The average molecular weight is 256 g/mol. The van der Waals surface area contributed by atoms with E-state index in [2.05, 4.69) is 20.6 Å². The Morgan fingerprint density at radius 1 is 1.16 bits per heavy atom. The molecule has 2 rings (SSSR count). The second kappa shape index (κ2) is 5.95. The largest absolute Gasteiger partial charge is 0.334 e. The van der Waals surface area contributed by atoms with Crippen molar-refractivity contribution in [2.75, 3.05) is 5.32 Å². The zero-order chi connectivity index (χ0) is 13.7. The normalized spacial score (nSPS) is 10.0. The van der Waals surface area contributed by atoms with Crippen molar-refractivity contribution in [3.05, 3.63) is 53.5 Å². The molecule has 5 nitrogen and oxygen atoms in total. The second-order valence-electron chi connectivity index (χ2n) is 4.28. The molecule has 2 amide bonds. The van der Waals surface area contributed by atoms with Gasteiger partial charge in [0.2, 0.25) is 0 Å². The SMILES string of the molecule is Cc1ccc(CNC(=O)Nc2ccnc(C)n2)cc1. The Hall–Kier alpha value is -2.43. The van der Waals surface area contributed by atoms with Crippen molar-refractivity contribution in [1.29, 1.82) is 0 Å². The quantitative estimate of drug-likeness (QED) is 0.886. The summed E-state index contributed by atoms with van der Waals surface area (Å²) in [4.78, 5) is 19.7. The number of nitrogens with zero attached hydrogens (tertiary/aromatic N) is 2. The van der Waals surface area contributed by atoms with Crippen LogP contribution in [0.2, 0.25) is 0 Å². The molecular weight excluding hydrogens is 240 g/mol. The molecule has 1 heterocycles. The highest BCUT2D eigenvalue weighted by Crippen LogP contribution is 2.03. The first-order valence-electron chi connectivity index (χ1n) is 6.03. The maximum atomic E-state index is 11.7. The second-order valence-corrected chi connectivity index (χ2v) is 4.28. The summed E-state index contributed by atoms with van der Waals surface area (Å²) in [6.07, 6.45) is 1.61. The predicted molar refractivity (Wildman–Crippen MR) is 73.8 cm³/mol. The lowest BCUT2D eigenvalue weighted by Gasteiger charge is -2.07. The number of aryl methyl sites for hydroxylation is 2. The van der Waals surface area contributed by atoms with E-state index in [0.717, 1.165) is 5.56 Å². The van der Waals surface area contributed by atoms with Crippen LogP contribution in [0.15, 0.2) is 36.5 Å². The minimum Gasteiger partial charge on any atom is -0.334 e. The van der Waals surface area contributed by atoms with Crippen molar-refractivity contribution in [3.63, 3.8) is 0 Å². The van der Waals surface area contributed by atoms with Gasteiger partial charge in [-0.25, -0.2) is 14.8 Å². The van der Waals surface area contributed by atoms with Crippen LogP contribution in [0.3, 0.4) is 0 Å². The molecule has 0 spiro atoms. The van der Waals surface area contributed by atoms with Gasteiger partial charge in [-0.2, -0.15) is 0 Å². The van der Waals surface area contributed by atoms with Crippen molar-refractivity contribution in [1.82, 2.24) is 15.3 Å². The summed E-state index contributed by atoms with van der Waals surface area (Å²) in [6, 6.07) is 9.39. The number of carbonyl (C=O) groups is 1. The van der Waals surface area contributed by atoms with Crippen LogP contribution in [0, 0.1) is 13.8 Å². The van der Waals surface area contributed by atoms with Crippen molar-refractivity contribution < 1.29 is 4.79 Å². The minimum atomic E-state index is -0.279. The van der Waals surface area contributed by atoms with E-state index in [1.165, 1.54) is 5.56 Å². The van der Waals surface area contributed by atoms with Crippen LogP contribution in [-0.4, -0.2) is 16.0 Å². The Morgan fingerprint density at radius 2 is 1.89 bits per heavy atom. The molecule has 19 heavy (non-hydrogen) atoms. The number of carbonyl (C=O) groups excluding carboxylic acids is 1. The summed E-state index contributed by atoms with van der Waals surface area (Å²) in [6.45, 7) is 4.28. The Labute approximate surface area is 112 Å². The van der Waals surface area contributed by atoms with Gasteiger partial charge in [0.1, 0.15) is 11.6 Å². The first-order valence-corrected chi connectivity index (χ1v) is 6.03. The molecule has 0 aliphatic rings. The van der Waals surface area contributed by atoms with Crippen LogP contribution >= 0.6 is 0 Å². The number of hydrogen-bond acceptors (Lipinski definition) is 3. The van der Waals surface area contributed by atoms with Gasteiger partial charge < -0.3 is 5.32 Å². The average Bonchev–Trinajstić information content (AvgIpc) is 2.38. The summed E-state index contributed by atoms with van der Waals surface area (Å²) < 4.78 is 0. The number of nitrogens with one attached hydrogen (secondary N) is 2.